The first-order valence-corrected chi connectivity index (χ1v) is 13.3. The van der Waals surface area contributed by atoms with Gasteiger partial charge >= 0.3 is 6.18 Å². The van der Waals surface area contributed by atoms with E-state index in [1.165, 1.54) is 6.07 Å². The average Bonchev–Trinajstić information content (AvgIpc) is 2.88. The number of nitrogens with zero attached hydrogens (tertiary/aromatic N) is 3. The third-order valence-electron chi connectivity index (χ3n) is 7.17. The summed E-state index contributed by atoms with van der Waals surface area (Å²) in [6, 6.07) is 10.9. The molecule has 0 bridgehead atoms. The molecule has 2 fully saturated rings. The maximum absolute atomic E-state index is 13.6. The molecule has 0 unspecified atom stereocenters. The van der Waals surface area contributed by atoms with Crippen LogP contribution in [0.5, 0.6) is 0 Å². The van der Waals surface area contributed by atoms with Crippen LogP contribution in [0.1, 0.15) is 27.0 Å². The van der Waals surface area contributed by atoms with Gasteiger partial charge in [-0.15, -0.1) is 24.8 Å². The number of alkyl halides is 3. The minimum absolute atomic E-state index is 0. The number of morpholine rings is 1. The van der Waals surface area contributed by atoms with Gasteiger partial charge in [-0.25, -0.2) is 0 Å². The molecule has 6 nitrogen and oxygen atoms in total. The molecule has 2 aliphatic heterocycles. The Morgan fingerprint density at radius 3 is 2.35 bits per heavy atom. The fraction of sp³-hybridized carbons (Fsp3) is 0.536. The number of benzene rings is 2. The standard InChI is InChI=1S/C28H35ClF3N3O3.2ClH/c1-20-13-22(16-23(14-20)28(30,31)32)27(36)35-10-9-33(7-8-34-11-12-38-26(18-34)19-37-2)17-25(35)15-21-3-5-24(29)6-4-21;;/h3-6,13-14,16,25-26H,7-12,15,17-19H2,1-2H3;2*1H/t25-,26+;;/m1../s1. The highest BCUT2D eigenvalue weighted by molar-refractivity contribution is 6.30. The molecule has 2 aromatic carbocycles. The highest BCUT2D eigenvalue weighted by Gasteiger charge is 2.35. The van der Waals surface area contributed by atoms with E-state index in [4.69, 9.17) is 21.1 Å². The maximum Gasteiger partial charge on any atom is 0.416 e. The van der Waals surface area contributed by atoms with Crippen molar-refractivity contribution in [2.45, 2.75) is 31.7 Å². The second-order valence-corrected chi connectivity index (χ2v) is 10.6. The van der Waals surface area contributed by atoms with Crippen LogP contribution in [0, 0.1) is 6.92 Å². The van der Waals surface area contributed by atoms with Crippen molar-refractivity contribution >= 4 is 42.3 Å². The van der Waals surface area contributed by atoms with E-state index in [0.717, 1.165) is 43.9 Å². The Morgan fingerprint density at radius 2 is 1.70 bits per heavy atom. The molecule has 0 radical (unpaired) electrons. The summed E-state index contributed by atoms with van der Waals surface area (Å²) < 4.78 is 51.3. The van der Waals surface area contributed by atoms with E-state index in [1.807, 2.05) is 24.3 Å². The summed E-state index contributed by atoms with van der Waals surface area (Å²) in [4.78, 5) is 20.0. The van der Waals surface area contributed by atoms with Gasteiger partial charge in [0.1, 0.15) is 0 Å². The molecule has 2 aromatic rings. The molecule has 0 aromatic heterocycles. The highest BCUT2D eigenvalue weighted by atomic mass is 35.5. The summed E-state index contributed by atoms with van der Waals surface area (Å²) in [5.74, 6) is -0.367. The molecular formula is C28H37Cl3F3N3O3. The summed E-state index contributed by atoms with van der Waals surface area (Å²) in [5, 5.41) is 0.628. The summed E-state index contributed by atoms with van der Waals surface area (Å²) in [6.45, 7) is 7.95. The van der Waals surface area contributed by atoms with Gasteiger partial charge < -0.3 is 14.4 Å². The van der Waals surface area contributed by atoms with Crippen molar-refractivity contribution in [3.05, 3.63) is 69.7 Å². The fourth-order valence-electron chi connectivity index (χ4n) is 5.25. The van der Waals surface area contributed by atoms with E-state index in [1.54, 1.807) is 18.9 Å². The lowest BCUT2D eigenvalue weighted by atomic mass is 9.99. The van der Waals surface area contributed by atoms with Crippen LogP contribution in [0.3, 0.4) is 0 Å². The van der Waals surface area contributed by atoms with E-state index >= 15 is 0 Å². The molecule has 1 amide bonds. The minimum Gasteiger partial charge on any atom is -0.382 e. The summed E-state index contributed by atoms with van der Waals surface area (Å²) >= 11 is 6.06. The zero-order valence-electron chi connectivity index (χ0n) is 22.7. The zero-order valence-corrected chi connectivity index (χ0v) is 25.1. The largest absolute Gasteiger partial charge is 0.416 e. The van der Waals surface area contributed by atoms with E-state index in [9.17, 15) is 18.0 Å². The third kappa shape index (κ3) is 9.48. The lowest BCUT2D eigenvalue weighted by Crippen LogP contribution is -2.57. The number of hydrogen-bond acceptors (Lipinski definition) is 5. The third-order valence-corrected chi connectivity index (χ3v) is 7.42. The van der Waals surface area contributed by atoms with Gasteiger partial charge in [-0.3, -0.25) is 14.6 Å². The number of amides is 1. The molecule has 0 saturated carbocycles. The topological polar surface area (TPSA) is 45.2 Å². The Labute approximate surface area is 251 Å². The number of piperazine rings is 1. The van der Waals surface area contributed by atoms with Gasteiger partial charge in [0.2, 0.25) is 0 Å². The predicted octanol–water partition coefficient (Wildman–Crippen LogP) is 5.23. The number of rotatable bonds is 8. The van der Waals surface area contributed by atoms with Gasteiger partial charge in [0.25, 0.3) is 5.91 Å². The quantitative estimate of drug-likeness (QED) is 0.402. The van der Waals surface area contributed by atoms with Gasteiger partial charge in [0.15, 0.2) is 0 Å². The Morgan fingerprint density at radius 1 is 1.02 bits per heavy atom. The molecule has 40 heavy (non-hydrogen) atoms. The maximum atomic E-state index is 13.6. The molecule has 4 rings (SSSR count). The van der Waals surface area contributed by atoms with Crippen LogP contribution >= 0.6 is 36.4 Å². The first-order chi connectivity index (χ1) is 18.1. The van der Waals surface area contributed by atoms with E-state index < -0.39 is 11.7 Å². The van der Waals surface area contributed by atoms with Crippen molar-refractivity contribution in [1.29, 1.82) is 0 Å². The van der Waals surface area contributed by atoms with Crippen molar-refractivity contribution in [2.75, 3.05) is 66.1 Å². The van der Waals surface area contributed by atoms with Crippen LogP contribution in [0.2, 0.25) is 5.02 Å². The monoisotopic (exact) mass is 625 g/mol. The Hall–Kier alpha value is -1.59. The highest BCUT2D eigenvalue weighted by Crippen LogP contribution is 2.31. The van der Waals surface area contributed by atoms with Crippen molar-refractivity contribution in [2.24, 2.45) is 0 Å². The van der Waals surface area contributed by atoms with Crippen LogP contribution in [0.25, 0.3) is 0 Å². The number of methoxy groups -OCH3 is 1. The zero-order chi connectivity index (χ0) is 27.3. The lowest BCUT2D eigenvalue weighted by molar-refractivity contribution is -0.137. The molecule has 0 spiro atoms. The summed E-state index contributed by atoms with van der Waals surface area (Å²) in [7, 11) is 1.67. The lowest BCUT2D eigenvalue weighted by Gasteiger charge is -2.43. The van der Waals surface area contributed by atoms with E-state index in [-0.39, 0.29) is 48.4 Å². The predicted molar refractivity (Wildman–Crippen MR) is 155 cm³/mol. The van der Waals surface area contributed by atoms with Crippen LogP contribution in [0.4, 0.5) is 13.2 Å². The first kappa shape index (κ1) is 34.6. The number of carbonyl (C=O) groups is 1. The molecule has 2 atom stereocenters. The van der Waals surface area contributed by atoms with Gasteiger partial charge in [0, 0.05) is 69.6 Å². The van der Waals surface area contributed by atoms with Gasteiger partial charge in [-0.1, -0.05) is 23.7 Å². The molecule has 2 aliphatic rings. The Kier molecular flexibility index (Phi) is 13.5. The minimum atomic E-state index is -4.51. The number of ether oxygens (including phenoxy) is 2. The number of carbonyl (C=O) groups excluding carboxylic acids is 1. The smallest absolute Gasteiger partial charge is 0.382 e. The second-order valence-electron chi connectivity index (χ2n) is 10.1. The average molecular weight is 627 g/mol. The first-order valence-electron chi connectivity index (χ1n) is 12.9. The molecule has 12 heteroatoms. The van der Waals surface area contributed by atoms with Crippen LogP contribution in [0.15, 0.2) is 42.5 Å². The van der Waals surface area contributed by atoms with E-state index in [0.29, 0.717) is 49.9 Å². The molecule has 0 aliphatic carbocycles. The number of aryl methyl sites for hydroxylation is 1. The summed E-state index contributed by atoms with van der Waals surface area (Å²) in [5.41, 5.74) is 0.707. The fourth-order valence-corrected chi connectivity index (χ4v) is 5.37. The van der Waals surface area contributed by atoms with Crippen molar-refractivity contribution in [3.63, 3.8) is 0 Å². The van der Waals surface area contributed by atoms with Gasteiger partial charge in [0.05, 0.1) is 24.9 Å². The van der Waals surface area contributed by atoms with E-state index in [2.05, 4.69) is 9.80 Å². The second kappa shape index (κ2) is 15.6. The van der Waals surface area contributed by atoms with Crippen LogP contribution in [-0.2, 0) is 22.1 Å². The molecule has 2 saturated heterocycles. The Balaban J connectivity index is 0.00000280. The summed E-state index contributed by atoms with van der Waals surface area (Å²) in [6.07, 6.45) is -3.86. The van der Waals surface area contributed by atoms with Gasteiger partial charge in [-0.05, 0) is 54.8 Å². The molecular weight excluding hydrogens is 590 g/mol. The van der Waals surface area contributed by atoms with Crippen molar-refractivity contribution < 1.29 is 27.4 Å². The normalized spacial score (nSPS) is 20.5. The SMILES string of the molecule is COC[C@@H]1CN(CCN2CCN(C(=O)c3cc(C)cc(C(F)(F)F)c3)[C@H](Cc3ccc(Cl)cc3)C2)CCO1.Cl.Cl. The van der Waals surface area contributed by atoms with Gasteiger partial charge in [-0.2, -0.15) is 13.2 Å². The molecule has 224 valence electrons. The van der Waals surface area contributed by atoms with Crippen LogP contribution in [-0.4, -0.2) is 98.9 Å². The number of halogens is 6. The number of hydrogen-bond donors (Lipinski definition) is 0. The van der Waals surface area contributed by atoms with Crippen molar-refractivity contribution in [3.8, 4) is 0 Å². The molecule has 0 N–H and O–H groups in total. The Bertz CT molecular complexity index is 1090. The molecule has 2 heterocycles. The van der Waals surface area contributed by atoms with Crippen molar-refractivity contribution in [1.82, 2.24) is 14.7 Å². The van der Waals surface area contributed by atoms with Crippen LogP contribution < -0.4 is 0 Å².